The van der Waals surface area contributed by atoms with Gasteiger partial charge in [-0.15, -0.1) is 0 Å². The fourth-order valence-electron chi connectivity index (χ4n) is 3.78. The summed E-state index contributed by atoms with van der Waals surface area (Å²) in [6.45, 7) is 1.87. The van der Waals surface area contributed by atoms with Gasteiger partial charge in [0, 0.05) is 39.1 Å². The largest absolute Gasteiger partial charge is 0.340 e. The first-order valence-corrected chi connectivity index (χ1v) is 11.6. The van der Waals surface area contributed by atoms with E-state index in [4.69, 9.17) is 0 Å². The van der Waals surface area contributed by atoms with E-state index < -0.39 is 15.8 Å². The van der Waals surface area contributed by atoms with Gasteiger partial charge in [0.2, 0.25) is 21.8 Å². The van der Waals surface area contributed by atoms with E-state index in [-0.39, 0.29) is 36.3 Å². The lowest BCUT2D eigenvalue weighted by atomic mass is 10.1. The lowest BCUT2D eigenvalue weighted by molar-refractivity contribution is -0.140. The zero-order valence-corrected chi connectivity index (χ0v) is 17.4. The van der Waals surface area contributed by atoms with Gasteiger partial charge in [0.1, 0.15) is 5.82 Å². The van der Waals surface area contributed by atoms with Crippen LogP contribution in [0.2, 0.25) is 0 Å². The van der Waals surface area contributed by atoms with E-state index in [2.05, 4.69) is 0 Å². The number of nitrogens with zero attached hydrogens (tertiary/aromatic N) is 3. The molecule has 2 aliphatic heterocycles. The standard InChI is InChI=1S/C20H28FN3O4S/c21-17-7-9-18(10-8-17)29(27,28)24-13-5-12-22(14-15-24)20(26)16-23-11-4-2-1-3-6-19(23)25/h7-10H,1-6,11-16H2. The van der Waals surface area contributed by atoms with E-state index in [1.54, 1.807) is 9.80 Å². The van der Waals surface area contributed by atoms with E-state index in [1.165, 1.54) is 16.4 Å². The van der Waals surface area contributed by atoms with Crippen LogP contribution in [0.1, 0.15) is 38.5 Å². The molecule has 160 valence electrons. The van der Waals surface area contributed by atoms with E-state index in [9.17, 15) is 22.4 Å². The van der Waals surface area contributed by atoms with E-state index in [0.717, 1.165) is 37.8 Å². The number of benzene rings is 1. The first-order valence-electron chi connectivity index (χ1n) is 10.2. The summed E-state index contributed by atoms with van der Waals surface area (Å²) >= 11 is 0. The molecule has 0 unspecified atom stereocenters. The van der Waals surface area contributed by atoms with Crippen molar-refractivity contribution < 1.29 is 22.4 Å². The highest BCUT2D eigenvalue weighted by Gasteiger charge is 2.29. The van der Waals surface area contributed by atoms with Crippen LogP contribution in [0.5, 0.6) is 0 Å². The predicted molar refractivity (Wildman–Crippen MR) is 106 cm³/mol. The fourth-order valence-corrected chi connectivity index (χ4v) is 5.25. The molecule has 2 amide bonds. The van der Waals surface area contributed by atoms with Crippen LogP contribution in [-0.2, 0) is 19.6 Å². The molecule has 0 spiro atoms. The third kappa shape index (κ3) is 5.54. The van der Waals surface area contributed by atoms with E-state index in [1.807, 2.05) is 0 Å². The normalized spacial score (nSPS) is 20.1. The molecule has 9 heteroatoms. The van der Waals surface area contributed by atoms with Crippen LogP contribution >= 0.6 is 0 Å². The molecule has 0 aliphatic carbocycles. The maximum Gasteiger partial charge on any atom is 0.243 e. The summed E-state index contributed by atoms with van der Waals surface area (Å²) in [5.41, 5.74) is 0. The van der Waals surface area contributed by atoms with Gasteiger partial charge < -0.3 is 9.80 Å². The second-order valence-electron chi connectivity index (χ2n) is 7.57. The Bertz CT molecular complexity index is 829. The third-order valence-electron chi connectivity index (χ3n) is 5.51. The van der Waals surface area contributed by atoms with Crippen molar-refractivity contribution in [3.8, 4) is 0 Å². The zero-order valence-electron chi connectivity index (χ0n) is 16.6. The molecular formula is C20H28FN3O4S. The number of sulfonamides is 1. The SMILES string of the molecule is O=C(CN1CCCCCCC1=O)N1CCCN(S(=O)(=O)c2ccc(F)cc2)CC1. The summed E-state index contributed by atoms with van der Waals surface area (Å²) in [4.78, 5) is 28.3. The molecule has 0 atom stereocenters. The number of amides is 2. The average Bonchev–Trinajstić information content (AvgIpc) is 2.95. The molecule has 1 aromatic carbocycles. The van der Waals surface area contributed by atoms with Gasteiger partial charge in [0.05, 0.1) is 11.4 Å². The minimum Gasteiger partial charge on any atom is -0.340 e. The molecule has 0 aromatic heterocycles. The Balaban J connectivity index is 1.60. The van der Waals surface area contributed by atoms with Gasteiger partial charge >= 0.3 is 0 Å². The molecule has 0 radical (unpaired) electrons. The Morgan fingerprint density at radius 3 is 2.38 bits per heavy atom. The van der Waals surface area contributed by atoms with Crippen LogP contribution in [0.3, 0.4) is 0 Å². The molecule has 7 nitrogen and oxygen atoms in total. The van der Waals surface area contributed by atoms with Crippen LogP contribution in [0.15, 0.2) is 29.2 Å². The van der Waals surface area contributed by atoms with Crippen LogP contribution < -0.4 is 0 Å². The lowest BCUT2D eigenvalue weighted by Crippen LogP contribution is -2.45. The zero-order chi connectivity index (χ0) is 20.9. The fraction of sp³-hybridized carbons (Fsp3) is 0.600. The maximum atomic E-state index is 13.1. The molecule has 29 heavy (non-hydrogen) atoms. The number of carbonyl (C=O) groups is 2. The molecule has 0 bridgehead atoms. The first kappa shape index (κ1) is 21.7. The molecule has 2 heterocycles. The smallest absolute Gasteiger partial charge is 0.243 e. The molecule has 0 N–H and O–H groups in total. The van der Waals surface area contributed by atoms with Gasteiger partial charge in [-0.1, -0.05) is 12.8 Å². The van der Waals surface area contributed by atoms with Crippen molar-refractivity contribution in [2.75, 3.05) is 39.3 Å². The van der Waals surface area contributed by atoms with Crippen molar-refractivity contribution in [2.24, 2.45) is 0 Å². The molecule has 3 rings (SSSR count). The number of likely N-dealkylation sites (tertiary alicyclic amines) is 1. The van der Waals surface area contributed by atoms with Gasteiger partial charge in [0.25, 0.3) is 0 Å². The van der Waals surface area contributed by atoms with E-state index >= 15 is 0 Å². The number of halogens is 1. The minimum absolute atomic E-state index is 0.0217. The van der Waals surface area contributed by atoms with Crippen molar-refractivity contribution in [3.05, 3.63) is 30.1 Å². The highest BCUT2D eigenvalue weighted by atomic mass is 32.2. The Kier molecular flexibility index (Phi) is 7.23. The highest BCUT2D eigenvalue weighted by molar-refractivity contribution is 7.89. The molecule has 2 aliphatic rings. The van der Waals surface area contributed by atoms with Crippen LogP contribution in [0, 0.1) is 5.82 Å². The van der Waals surface area contributed by atoms with E-state index in [0.29, 0.717) is 32.5 Å². The van der Waals surface area contributed by atoms with Crippen molar-refractivity contribution in [1.29, 1.82) is 0 Å². The van der Waals surface area contributed by atoms with Gasteiger partial charge in [0.15, 0.2) is 0 Å². The van der Waals surface area contributed by atoms with Crippen LogP contribution in [0.25, 0.3) is 0 Å². The third-order valence-corrected chi connectivity index (χ3v) is 7.42. The first-order chi connectivity index (χ1) is 13.9. The molecule has 0 saturated carbocycles. The maximum absolute atomic E-state index is 13.1. The Hall–Kier alpha value is -2.00. The van der Waals surface area contributed by atoms with Crippen molar-refractivity contribution in [3.63, 3.8) is 0 Å². The number of hydrogen-bond donors (Lipinski definition) is 0. The topological polar surface area (TPSA) is 78.0 Å². The summed E-state index contributed by atoms with van der Waals surface area (Å²) in [6, 6.07) is 4.76. The summed E-state index contributed by atoms with van der Waals surface area (Å²) in [6.07, 6.45) is 4.89. The summed E-state index contributed by atoms with van der Waals surface area (Å²) in [7, 11) is -3.73. The summed E-state index contributed by atoms with van der Waals surface area (Å²) in [5, 5.41) is 0. The predicted octanol–water partition coefficient (Wildman–Crippen LogP) is 1.84. The Morgan fingerprint density at radius 1 is 0.897 bits per heavy atom. The van der Waals surface area contributed by atoms with Crippen molar-refractivity contribution in [1.82, 2.24) is 14.1 Å². The number of carbonyl (C=O) groups excluding carboxylic acids is 2. The molecule has 2 saturated heterocycles. The van der Waals surface area contributed by atoms with Gasteiger partial charge in [-0.2, -0.15) is 4.31 Å². The van der Waals surface area contributed by atoms with Gasteiger partial charge in [-0.05, 0) is 43.5 Å². The second-order valence-corrected chi connectivity index (χ2v) is 9.51. The lowest BCUT2D eigenvalue weighted by Gasteiger charge is -2.28. The summed E-state index contributed by atoms with van der Waals surface area (Å²) < 4.78 is 40.1. The van der Waals surface area contributed by atoms with Crippen LogP contribution in [-0.4, -0.2) is 73.6 Å². The van der Waals surface area contributed by atoms with Gasteiger partial charge in [-0.3, -0.25) is 9.59 Å². The van der Waals surface area contributed by atoms with Crippen LogP contribution in [0.4, 0.5) is 4.39 Å². The molecule has 1 aromatic rings. The summed E-state index contributed by atoms with van der Waals surface area (Å²) in [5.74, 6) is -0.608. The van der Waals surface area contributed by atoms with Gasteiger partial charge in [-0.25, -0.2) is 12.8 Å². The quantitative estimate of drug-likeness (QED) is 0.738. The Morgan fingerprint density at radius 2 is 1.62 bits per heavy atom. The average molecular weight is 426 g/mol. The monoisotopic (exact) mass is 425 g/mol. The molecule has 2 fully saturated rings. The minimum atomic E-state index is -3.73. The highest BCUT2D eigenvalue weighted by Crippen LogP contribution is 2.19. The Labute approximate surface area is 171 Å². The van der Waals surface area contributed by atoms with Crippen molar-refractivity contribution in [2.45, 2.75) is 43.4 Å². The van der Waals surface area contributed by atoms with Crippen molar-refractivity contribution >= 4 is 21.8 Å². The number of rotatable bonds is 4. The second kappa shape index (κ2) is 9.67. The number of hydrogen-bond acceptors (Lipinski definition) is 4. The molecular weight excluding hydrogens is 397 g/mol.